The molecule has 0 aliphatic rings. The molecule has 29 heavy (non-hydrogen) atoms. The number of hydrogen-bond donors (Lipinski definition) is 1. The standard InChI is InChI=1S/C19H15Cl2F3O5/c1-3-28-18(27)9(2)12-7-11(8-13(16(12)21)17(25)26)29-15-5-4-10(6-14(15)20)19(22,23)24/h4-9H,3H2,1-2H3,(H,25,26). The second-order valence-corrected chi connectivity index (χ2v) is 6.68. The molecule has 0 aliphatic carbocycles. The van der Waals surface area contributed by atoms with Crippen molar-refractivity contribution < 1.29 is 37.3 Å². The number of aromatic carboxylic acids is 1. The second-order valence-electron chi connectivity index (χ2n) is 5.90. The van der Waals surface area contributed by atoms with Gasteiger partial charge in [-0.2, -0.15) is 13.2 Å². The molecule has 2 aromatic rings. The molecule has 0 aromatic heterocycles. The Morgan fingerprint density at radius 2 is 1.83 bits per heavy atom. The van der Waals surface area contributed by atoms with Crippen molar-refractivity contribution in [1.29, 1.82) is 0 Å². The van der Waals surface area contributed by atoms with Crippen LogP contribution in [-0.2, 0) is 15.7 Å². The van der Waals surface area contributed by atoms with E-state index in [2.05, 4.69) is 0 Å². The number of benzene rings is 2. The highest BCUT2D eigenvalue weighted by Crippen LogP contribution is 2.39. The molecule has 0 saturated heterocycles. The second kappa shape index (κ2) is 8.92. The van der Waals surface area contributed by atoms with Gasteiger partial charge >= 0.3 is 18.1 Å². The quantitative estimate of drug-likeness (QED) is 0.532. The smallest absolute Gasteiger partial charge is 0.416 e. The number of ether oxygens (including phenoxy) is 2. The third kappa shape index (κ3) is 5.33. The number of alkyl halides is 3. The Bertz CT molecular complexity index is 944. The van der Waals surface area contributed by atoms with Crippen LogP contribution in [0, 0.1) is 0 Å². The summed E-state index contributed by atoms with van der Waals surface area (Å²) in [5, 5.41) is 8.87. The van der Waals surface area contributed by atoms with Gasteiger partial charge in [-0.05, 0) is 49.7 Å². The van der Waals surface area contributed by atoms with Crippen molar-refractivity contribution in [2.75, 3.05) is 6.61 Å². The zero-order valence-electron chi connectivity index (χ0n) is 15.1. The van der Waals surface area contributed by atoms with E-state index >= 15 is 0 Å². The minimum absolute atomic E-state index is 0.0698. The molecule has 1 N–H and O–H groups in total. The van der Waals surface area contributed by atoms with Crippen molar-refractivity contribution in [3.63, 3.8) is 0 Å². The van der Waals surface area contributed by atoms with Gasteiger partial charge in [0.2, 0.25) is 0 Å². The summed E-state index contributed by atoms with van der Waals surface area (Å²) in [6.07, 6.45) is -4.58. The van der Waals surface area contributed by atoms with E-state index in [4.69, 9.17) is 32.7 Å². The number of hydrogen-bond acceptors (Lipinski definition) is 4. The highest BCUT2D eigenvalue weighted by molar-refractivity contribution is 6.34. The van der Waals surface area contributed by atoms with E-state index in [-0.39, 0.29) is 39.3 Å². The monoisotopic (exact) mass is 450 g/mol. The summed E-state index contributed by atoms with van der Waals surface area (Å²) in [5.41, 5.74) is -1.18. The highest BCUT2D eigenvalue weighted by atomic mass is 35.5. The molecule has 0 amide bonds. The Kier molecular flexibility index (Phi) is 7.02. The minimum Gasteiger partial charge on any atom is -0.478 e. The minimum atomic E-state index is -4.58. The first-order valence-electron chi connectivity index (χ1n) is 8.23. The third-order valence-electron chi connectivity index (χ3n) is 3.90. The van der Waals surface area contributed by atoms with E-state index in [0.717, 1.165) is 18.2 Å². The third-order valence-corrected chi connectivity index (χ3v) is 4.62. The average Bonchev–Trinajstić information content (AvgIpc) is 2.63. The maximum absolute atomic E-state index is 12.8. The topological polar surface area (TPSA) is 72.8 Å². The first-order valence-corrected chi connectivity index (χ1v) is 8.99. The molecule has 0 heterocycles. The maximum Gasteiger partial charge on any atom is 0.416 e. The fraction of sp³-hybridized carbons (Fsp3) is 0.263. The fourth-order valence-corrected chi connectivity index (χ4v) is 3.00. The normalized spacial score (nSPS) is 12.4. The number of carbonyl (C=O) groups excluding carboxylic acids is 1. The molecule has 156 valence electrons. The van der Waals surface area contributed by atoms with Gasteiger partial charge in [-0.3, -0.25) is 4.79 Å². The lowest BCUT2D eigenvalue weighted by Crippen LogP contribution is -2.14. The Morgan fingerprint density at radius 3 is 2.34 bits per heavy atom. The number of carboxylic acids is 1. The largest absolute Gasteiger partial charge is 0.478 e. The van der Waals surface area contributed by atoms with Crippen LogP contribution >= 0.6 is 23.2 Å². The number of halogens is 5. The van der Waals surface area contributed by atoms with Gasteiger partial charge in [-0.25, -0.2) is 4.79 Å². The Hall–Kier alpha value is -2.45. The van der Waals surface area contributed by atoms with Gasteiger partial charge in [-0.15, -0.1) is 0 Å². The van der Waals surface area contributed by atoms with Crippen LogP contribution in [0.4, 0.5) is 13.2 Å². The van der Waals surface area contributed by atoms with Crippen LogP contribution in [0.3, 0.4) is 0 Å². The van der Waals surface area contributed by atoms with Gasteiger partial charge in [0.15, 0.2) is 0 Å². The van der Waals surface area contributed by atoms with Gasteiger partial charge in [0, 0.05) is 0 Å². The molecule has 0 bridgehead atoms. The van der Waals surface area contributed by atoms with Gasteiger partial charge in [0.1, 0.15) is 11.5 Å². The Morgan fingerprint density at radius 1 is 1.17 bits per heavy atom. The maximum atomic E-state index is 12.8. The zero-order valence-corrected chi connectivity index (χ0v) is 16.7. The molecule has 1 unspecified atom stereocenters. The van der Waals surface area contributed by atoms with E-state index < -0.39 is 29.6 Å². The van der Waals surface area contributed by atoms with E-state index in [1.807, 2.05) is 0 Å². The van der Waals surface area contributed by atoms with Crippen LogP contribution in [0.15, 0.2) is 30.3 Å². The van der Waals surface area contributed by atoms with Crippen molar-refractivity contribution in [1.82, 2.24) is 0 Å². The van der Waals surface area contributed by atoms with Crippen LogP contribution in [-0.4, -0.2) is 23.7 Å². The van der Waals surface area contributed by atoms with Crippen molar-refractivity contribution in [3.05, 3.63) is 57.1 Å². The summed E-state index contributed by atoms with van der Waals surface area (Å²) in [6.45, 7) is 3.20. The van der Waals surface area contributed by atoms with Crippen LogP contribution < -0.4 is 4.74 Å². The van der Waals surface area contributed by atoms with Crippen LogP contribution in [0.1, 0.15) is 41.3 Å². The first kappa shape index (κ1) is 22.8. The summed E-state index contributed by atoms with van der Waals surface area (Å²) < 4.78 is 48.7. The van der Waals surface area contributed by atoms with E-state index in [0.29, 0.717) is 6.07 Å². The number of esters is 1. The molecule has 0 aliphatic heterocycles. The lowest BCUT2D eigenvalue weighted by Gasteiger charge is -2.17. The lowest BCUT2D eigenvalue weighted by molar-refractivity contribution is -0.144. The summed E-state index contributed by atoms with van der Waals surface area (Å²) in [6, 6.07) is 4.86. The molecule has 0 fully saturated rings. The van der Waals surface area contributed by atoms with Crippen molar-refractivity contribution in [2.24, 2.45) is 0 Å². The van der Waals surface area contributed by atoms with Gasteiger partial charge in [-0.1, -0.05) is 23.2 Å². The summed E-state index contributed by atoms with van der Waals surface area (Å²) in [4.78, 5) is 23.5. The predicted molar refractivity (Wildman–Crippen MR) is 100.0 cm³/mol. The van der Waals surface area contributed by atoms with E-state index in [1.165, 1.54) is 13.0 Å². The molecule has 10 heteroatoms. The predicted octanol–water partition coefficient (Wildman–Crippen LogP) is 6.17. The van der Waals surface area contributed by atoms with Crippen LogP contribution in [0.2, 0.25) is 10.0 Å². The van der Waals surface area contributed by atoms with Crippen molar-refractivity contribution in [3.8, 4) is 11.5 Å². The number of carboxylic acid groups (broad SMARTS) is 1. The molecule has 0 radical (unpaired) electrons. The molecule has 2 aromatic carbocycles. The lowest BCUT2D eigenvalue weighted by atomic mass is 9.98. The summed E-state index contributed by atoms with van der Waals surface area (Å²) in [5.74, 6) is -3.12. The molecule has 0 saturated carbocycles. The van der Waals surface area contributed by atoms with Gasteiger partial charge < -0.3 is 14.6 Å². The molecule has 0 spiro atoms. The van der Waals surface area contributed by atoms with E-state index in [1.54, 1.807) is 6.92 Å². The summed E-state index contributed by atoms with van der Waals surface area (Å²) >= 11 is 12.0. The van der Waals surface area contributed by atoms with Crippen LogP contribution in [0.25, 0.3) is 0 Å². The van der Waals surface area contributed by atoms with Gasteiger partial charge in [0.25, 0.3) is 0 Å². The molecular formula is C19H15Cl2F3O5. The molecule has 5 nitrogen and oxygen atoms in total. The first-order chi connectivity index (χ1) is 13.5. The van der Waals surface area contributed by atoms with E-state index in [9.17, 15) is 27.9 Å². The molecular weight excluding hydrogens is 436 g/mol. The highest BCUT2D eigenvalue weighted by Gasteiger charge is 2.31. The number of carbonyl (C=O) groups is 2. The average molecular weight is 451 g/mol. The van der Waals surface area contributed by atoms with Crippen molar-refractivity contribution in [2.45, 2.75) is 25.9 Å². The zero-order chi connectivity index (χ0) is 21.9. The Labute approximate surface area is 173 Å². The SMILES string of the molecule is CCOC(=O)C(C)c1cc(Oc2ccc(C(F)(F)F)cc2Cl)cc(C(=O)O)c1Cl. The number of rotatable bonds is 6. The van der Waals surface area contributed by atoms with Crippen molar-refractivity contribution >= 4 is 35.1 Å². The van der Waals surface area contributed by atoms with Crippen LogP contribution in [0.5, 0.6) is 11.5 Å². The molecule has 1 atom stereocenters. The fourth-order valence-electron chi connectivity index (χ4n) is 2.43. The Balaban J connectivity index is 2.48. The molecule has 2 rings (SSSR count). The summed E-state index contributed by atoms with van der Waals surface area (Å²) in [7, 11) is 0. The van der Waals surface area contributed by atoms with Gasteiger partial charge in [0.05, 0.1) is 33.7 Å².